The monoisotopic (exact) mass is 309 g/mol. The van der Waals surface area contributed by atoms with Gasteiger partial charge in [-0.3, -0.25) is 9.78 Å². The maximum absolute atomic E-state index is 11.9. The number of rotatable bonds is 2. The topological polar surface area (TPSA) is 99.8 Å². The van der Waals surface area contributed by atoms with E-state index in [2.05, 4.69) is 10.1 Å². The van der Waals surface area contributed by atoms with Gasteiger partial charge in [0.05, 0.1) is 11.1 Å². The van der Waals surface area contributed by atoms with E-state index in [1.54, 1.807) is 10.9 Å². The van der Waals surface area contributed by atoms with Gasteiger partial charge in [-0.1, -0.05) is 12.1 Å². The van der Waals surface area contributed by atoms with E-state index < -0.39 is 5.91 Å². The highest BCUT2D eigenvalue weighted by Gasteiger charge is 2.26. The lowest BCUT2D eigenvalue weighted by Gasteiger charge is -2.20. The van der Waals surface area contributed by atoms with Gasteiger partial charge in [0, 0.05) is 17.1 Å². The molecule has 1 aromatic carbocycles. The Morgan fingerprint density at radius 3 is 2.61 bits per heavy atom. The molecule has 2 heterocycles. The van der Waals surface area contributed by atoms with Crippen molar-refractivity contribution in [2.75, 3.05) is 5.73 Å². The third-order valence-electron chi connectivity index (χ3n) is 3.68. The van der Waals surface area contributed by atoms with Crippen LogP contribution in [-0.2, 0) is 5.54 Å². The molecular weight excluding hydrogens is 290 g/mol. The standard InChI is InChI=1S/C17H19N5O/c1-17(2,3)22-15(18)13(16(19)23)14(21-22)11-6-7-12-10(9-11)5-4-8-20-12/h4-9H,18H2,1-3H3,(H2,19,23). The summed E-state index contributed by atoms with van der Waals surface area (Å²) in [5, 5.41) is 5.51. The van der Waals surface area contributed by atoms with E-state index in [-0.39, 0.29) is 16.9 Å². The van der Waals surface area contributed by atoms with Crippen molar-refractivity contribution in [2.45, 2.75) is 26.3 Å². The van der Waals surface area contributed by atoms with Crippen molar-refractivity contribution in [1.29, 1.82) is 0 Å². The molecule has 0 aliphatic rings. The molecule has 0 saturated carbocycles. The molecule has 0 saturated heterocycles. The van der Waals surface area contributed by atoms with Crippen molar-refractivity contribution >= 4 is 22.6 Å². The van der Waals surface area contributed by atoms with Crippen molar-refractivity contribution < 1.29 is 4.79 Å². The molecule has 0 aliphatic carbocycles. The summed E-state index contributed by atoms with van der Waals surface area (Å²) in [6, 6.07) is 9.52. The first-order valence-electron chi connectivity index (χ1n) is 7.33. The number of amides is 1. The van der Waals surface area contributed by atoms with E-state index in [0.29, 0.717) is 5.69 Å². The number of anilines is 1. The molecule has 1 amide bonds. The number of hydrogen-bond donors (Lipinski definition) is 2. The minimum absolute atomic E-state index is 0.253. The number of fused-ring (bicyclic) bond motifs is 1. The second kappa shape index (κ2) is 5.08. The number of nitrogens with two attached hydrogens (primary N) is 2. The van der Waals surface area contributed by atoms with Gasteiger partial charge < -0.3 is 11.5 Å². The lowest BCUT2D eigenvalue weighted by atomic mass is 10.0. The second-order valence-corrected chi connectivity index (χ2v) is 6.47. The Balaban J connectivity index is 2.27. The molecule has 3 rings (SSSR count). The van der Waals surface area contributed by atoms with E-state index >= 15 is 0 Å². The van der Waals surface area contributed by atoms with Crippen LogP contribution in [0.1, 0.15) is 31.1 Å². The fourth-order valence-corrected chi connectivity index (χ4v) is 2.61. The molecule has 0 bridgehead atoms. The van der Waals surface area contributed by atoms with Gasteiger partial charge in [-0.15, -0.1) is 0 Å². The fourth-order valence-electron chi connectivity index (χ4n) is 2.61. The first kappa shape index (κ1) is 15.0. The predicted octanol–water partition coefficient (Wildman–Crippen LogP) is 2.53. The Kier molecular flexibility index (Phi) is 3.32. The third-order valence-corrected chi connectivity index (χ3v) is 3.68. The summed E-state index contributed by atoms with van der Waals surface area (Å²) in [7, 11) is 0. The summed E-state index contributed by atoms with van der Waals surface area (Å²) < 4.78 is 1.63. The summed E-state index contributed by atoms with van der Waals surface area (Å²) in [5.41, 5.74) is 13.7. The number of nitrogens with zero attached hydrogens (tertiary/aromatic N) is 3. The van der Waals surface area contributed by atoms with Gasteiger partial charge in [0.25, 0.3) is 5.91 Å². The minimum Gasteiger partial charge on any atom is -0.383 e. The molecule has 6 heteroatoms. The summed E-state index contributed by atoms with van der Waals surface area (Å²) in [4.78, 5) is 16.2. The SMILES string of the molecule is CC(C)(C)n1nc(-c2ccc3ncccc3c2)c(C(N)=O)c1N. The average molecular weight is 309 g/mol. The van der Waals surface area contributed by atoms with Gasteiger partial charge in [0.1, 0.15) is 17.1 Å². The zero-order valence-corrected chi connectivity index (χ0v) is 13.4. The fraction of sp³-hybridized carbons (Fsp3) is 0.235. The molecule has 6 nitrogen and oxygen atoms in total. The van der Waals surface area contributed by atoms with Crippen molar-refractivity contribution in [3.05, 3.63) is 42.1 Å². The maximum atomic E-state index is 11.9. The lowest BCUT2D eigenvalue weighted by molar-refractivity contribution is 0.100. The number of hydrogen-bond acceptors (Lipinski definition) is 4. The molecule has 4 N–H and O–H groups in total. The molecule has 0 spiro atoms. The van der Waals surface area contributed by atoms with Gasteiger partial charge in [-0.25, -0.2) is 4.68 Å². The maximum Gasteiger partial charge on any atom is 0.254 e. The van der Waals surface area contributed by atoms with E-state index in [0.717, 1.165) is 16.5 Å². The molecule has 23 heavy (non-hydrogen) atoms. The summed E-state index contributed by atoms with van der Waals surface area (Å²) >= 11 is 0. The van der Waals surface area contributed by atoms with Crippen LogP contribution in [-0.4, -0.2) is 20.7 Å². The van der Waals surface area contributed by atoms with Crippen molar-refractivity contribution in [2.24, 2.45) is 5.73 Å². The zero-order valence-electron chi connectivity index (χ0n) is 13.4. The molecule has 0 radical (unpaired) electrons. The van der Waals surface area contributed by atoms with E-state index in [9.17, 15) is 4.79 Å². The number of carbonyl (C=O) groups is 1. The van der Waals surface area contributed by atoms with Gasteiger partial charge in [-0.05, 0) is 39.0 Å². The normalized spacial score (nSPS) is 11.8. The number of nitrogen functional groups attached to an aromatic ring is 1. The molecule has 2 aromatic heterocycles. The second-order valence-electron chi connectivity index (χ2n) is 6.47. The third kappa shape index (κ3) is 2.52. The van der Waals surface area contributed by atoms with Crippen LogP contribution < -0.4 is 11.5 Å². The van der Waals surface area contributed by atoms with Crippen LogP contribution in [0, 0.1) is 0 Å². The average Bonchev–Trinajstić information content (AvgIpc) is 2.84. The Bertz CT molecular complexity index is 905. The first-order valence-corrected chi connectivity index (χ1v) is 7.33. The van der Waals surface area contributed by atoms with E-state index in [4.69, 9.17) is 11.5 Å². The van der Waals surface area contributed by atoms with Gasteiger partial charge in [0.15, 0.2) is 0 Å². The Morgan fingerprint density at radius 1 is 1.22 bits per heavy atom. The summed E-state index contributed by atoms with van der Waals surface area (Å²) in [6.07, 6.45) is 1.74. The number of carbonyl (C=O) groups excluding carboxylic acids is 1. The highest BCUT2D eigenvalue weighted by atomic mass is 16.1. The number of primary amides is 1. The highest BCUT2D eigenvalue weighted by Crippen LogP contribution is 2.31. The van der Waals surface area contributed by atoms with Crippen LogP contribution in [0.2, 0.25) is 0 Å². The van der Waals surface area contributed by atoms with Crippen LogP contribution in [0.15, 0.2) is 36.5 Å². The highest BCUT2D eigenvalue weighted by molar-refractivity contribution is 6.04. The Hall–Kier alpha value is -2.89. The van der Waals surface area contributed by atoms with Gasteiger partial charge in [0.2, 0.25) is 0 Å². The molecule has 0 atom stereocenters. The quantitative estimate of drug-likeness (QED) is 0.759. The molecular formula is C17H19N5O. The summed E-state index contributed by atoms with van der Waals surface area (Å²) in [6.45, 7) is 5.90. The van der Waals surface area contributed by atoms with Crippen LogP contribution in [0.3, 0.4) is 0 Å². The molecule has 0 fully saturated rings. The number of aromatic nitrogens is 3. The molecule has 3 aromatic rings. The van der Waals surface area contributed by atoms with E-state index in [1.165, 1.54) is 0 Å². The van der Waals surface area contributed by atoms with Crippen LogP contribution in [0.4, 0.5) is 5.82 Å². The van der Waals surface area contributed by atoms with Crippen LogP contribution >= 0.6 is 0 Å². The van der Waals surface area contributed by atoms with Crippen molar-refractivity contribution in [1.82, 2.24) is 14.8 Å². The number of pyridine rings is 1. The van der Waals surface area contributed by atoms with Crippen molar-refractivity contribution in [3.63, 3.8) is 0 Å². The number of benzene rings is 1. The first-order chi connectivity index (χ1) is 10.8. The predicted molar refractivity (Wildman–Crippen MR) is 90.9 cm³/mol. The molecule has 0 aliphatic heterocycles. The smallest absolute Gasteiger partial charge is 0.254 e. The molecule has 118 valence electrons. The van der Waals surface area contributed by atoms with Crippen LogP contribution in [0.25, 0.3) is 22.2 Å². The van der Waals surface area contributed by atoms with E-state index in [1.807, 2.05) is 51.1 Å². The van der Waals surface area contributed by atoms with Gasteiger partial charge >= 0.3 is 0 Å². The lowest BCUT2D eigenvalue weighted by Crippen LogP contribution is -2.25. The van der Waals surface area contributed by atoms with Crippen LogP contribution in [0.5, 0.6) is 0 Å². The minimum atomic E-state index is -0.584. The van der Waals surface area contributed by atoms with Gasteiger partial charge in [-0.2, -0.15) is 5.10 Å². The zero-order chi connectivity index (χ0) is 16.8. The Labute approximate surface area is 134 Å². The Morgan fingerprint density at radius 2 is 1.96 bits per heavy atom. The van der Waals surface area contributed by atoms with Crippen molar-refractivity contribution in [3.8, 4) is 11.3 Å². The largest absolute Gasteiger partial charge is 0.383 e. The molecule has 0 unspecified atom stereocenters. The summed E-state index contributed by atoms with van der Waals surface area (Å²) in [5.74, 6) is -0.300.